The molecule has 0 radical (unpaired) electrons. The summed E-state index contributed by atoms with van der Waals surface area (Å²) in [6.45, 7) is 1.95. The molecule has 1 aliphatic rings. The molecule has 4 rings (SSSR count). The highest BCUT2D eigenvalue weighted by molar-refractivity contribution is 7.92. The highest BCUT2D eigenvalue weighted by atomic mass is 32.2. The second kappa shape index (κ2) is 10.7. The topological polar surface area (TPSA) is 123 Å². The van der Waals surface area contributed by atoms with Crippen LogP contribution in [0.1, 0.15) is 44.6 Å². The van der Waals surface area contributed by atoms with E-state index < -0.39 is 39.9 Å². The number of nitrogens with two attached hydrogens (primary N) is 1. The molecule has 3 aromatic rings. The average Bonchev–Trinajstić information content (AvgIpc) is 2.84. The normalized spacial score (nSPS) is 18.6. The van der Waals surface area contributed by atoms with Gasteiger partial charge in [0.15, 0.2) is 0 Å². The lowest BCUT2D eigenvalue weighted by Gasteiger charge is -2.26. The number of nitrogens with zero attached hydrogens (tertiary/aromatic N) is 3. The van der Waals surface area contributed by atoms with Crippen LogP contribution in [0.3, 0.4) is 0 Å². The van der Waals surface area contributed by atoms with Gasteiger partial charge in [0.2, 0.25) is 16.0 Å². The van der Waals surface area contributed by atoms with Crippen LogP contribution in [0.4, 0.5) is 29.2 Å². The SMILES string of the molecule is CCc1cc(-c2ccc(NS(=O)(=O)CCC(F)(F)F)c(F)c2)nc2cnc(N[C@H]3CC[C@H](N)CC3)nc12. The molecule has 1 aromatic carbocycles. The molecule has 0 bridgehead atoms. The Kier molecular flexibility index (Phi) is 7.83. The summed E-state index contributed by atoms with van der Waals surface area (Å²) >= 11 is 0. The van der Waals surface area contributed by atoms with Gasteiger partial charge in [-0.05, 0) is 55.9 Å². The molecule has 1 fully saturated rings. The van der Waals surface area contributed by atoms with E-state index in [1.54, 1.807) is 12.3 Å². The minimum atomic E-state index is -4.64. The lowest BCUT2D eigenvalue weighted by molar-refractivity contribution is -0.129. The summed E-state index contributed by atoms with van der Waals surface area (Å²) in [5.41, 5.74) is 8.39. The van der Waals surface area contributed by atoms with Crippen molar-refractivity contribution >= 4 is 32.7 Å². The first-order chi connectivity index (χ1) is 17.4. The summed E-state index contributed by atoms with van der Waals surface area (Å²) in [6.07, 6.45) is -0.165. The van der Waals surface area contributed by atoms with Gasteiger partial charge in [-0.1, -0.05) is 13.0 Å². The molecule has 0 atom stereocenters. The quantitative estimate of drug-likeness (QED) is 0.352. The zero-order valence-corrected chi connectivity index (χ0v) is 21.0. The summed E-state index contributed by atoms with van der Waals surface area (Å²) in [5.74, 6) is -1.63. The number of sulfonamides is 1. The second-order valence-electron chi connectivity index (χ2n) is 9.18. The molecule has 0 amide bonds. The van der Waals surface area contributed by atoms with Crippen LogP contribution in [0, 0.1) is 5.82 Å². The van der Waals surface area contributed by atoms with Crippen LogP contribution >= 0.6 is 0 Å². The van der Waals surface area contributed by atoms with Crippen molar-refractivity contribution in [1.82, 2.24) is 15.0 Å². The molecule has 8 nitrogen and oxygen atoms in total. The van der Waals surface area contributed by atoms with Gasteiger partial charge < -0.3 is 11.1 Å². The van der Waals surface area contributed by atoms with Crippen molar-refractivity contribution in [3.63, 3.8) is 0 Å². The molecule has 0 spiro atoms. The fourth-order valence-electron chi connectivity index (χ4n) is 4.25. The van der Waals surface area contributed by atoms with Gasteiger partial charge >= 0.3 is 6.18 Å². The van der Waals surface area contributed by atoms with Crippen molar-refractivity contribution in [1.29, 1.82) is 0 Å². The average molecular weight is 541 g/mol. The van der Waals surface area contributed by atoms with Gasteiger partial charge in [0.05, 0.1) is 35.3 Å². The number of benzene rings is 1. The first kappa shape index (κ1) is 27.0. The van der Waals surface area contributed by atoms with E-state index in [4.69, 9.17) is 5.73 Å². The number of alkyl halides is 3. The Bertz CT molecular complexity index is 1380. The number of halogens is 4. The van der Waals surface area contributed by atoms with Gasteiger partial charge in [-0.25, -0.2) is 27.8 Å². The van der Waals surface area contributed by atoms with Crippen LogP contribution < -0.4 is 15.8 Å². The number of aromatic nitrogens is 3. The van der Waals surface area contributed by atoms with E-state index in [1.165, 1.54) is 6.07 Å². The Morgan fingerprint density at radius 3 is 2.49 bits per heavy atom. The summed E-state index contributed by atoms with van der Waals surface area (Å²) < 4.78 is 77.6. The van der Waals surface area contributed by atoms with E-state index in [2.05, 4.69) is 20.3 Å². The molecule has 0 saturated heterocycles. The maximum atomic E-state index is 14.7. The van der Waals surface area contributed by atoms with Crippen molar-refractivity contribution in [3.05, 3.63) is 41.8 Å². The van der Waals surface area contributed by atoms with Gasteiger partial charge in [-0.15, -0.1) is 0 Å². The predicted molar refractivity (Wildman–Crippen MR) is 134 cm³/mol. The number of aryl methyl sites for hydroxylation is 1. The maximum absolute atomic E-state index is 14.7. The molecule has 2 heterocycles. The van der Waals surface area contributed by atoms with Crippen molar-refractivity contribution < 1.29 is 26.0 Å². The fraction of sp³-hybridized carbons (Fsp3) is 0.458. The Labute approximate surface area is 212 Å². The third-order valence-electron chi connectivity index (χ3n) is 6.30. The van der Waals surface area contributed by atoms with Crippen molar-refractivity contribution in [2.24, 2.45) is 5.73 Å². The second-order valence-corrected chi connectivity index (χ2v) is 11.0. The Hall–Kier alpha value is -3.06. The first-order valence-corrected chi connectivity index (χ1v) is 13.6. The predicted octanol–water partition coefficient (Wildman–Crippen LogP) is 4.77. The van der Waals surface area contributed by atoms with Gasteiger partial charge in [-0.2, -0.15) is 13.2 Å². The summed E-state index contributed by atoms with van der Waals surface area (Å²) in [7, 11) is -4.38. The standard InChI is InChI=1S/C24H28F4N6O2S/c1-2-14-12-20(15-3-8-19(18(25)11-15)34-37(35,36)10-9-24(26,27)28)32-21-13-30-23(33-22(14)21)31-17-6-4-16(29)5-7-17/h3,8,11-13,16-17,34H,2,4-7,9-10,29H2,1H3,(H,30,31,33)/t16-,17-. The summed E-state index contributed by atoms with van der Waals surface area (Å²) in [5, 5.41) is 3.37. The van der Waals surface area contributed by atoms with E-state index in [0.717, 1.165) is 43.4 Å². The lowest BCUT2D eigenvalue weighted by Crippen LogP contribution is -2.33. The van der Waals surface area contributed by atoms with E-state index >= 15 is 0 Å². The van der Waals surface area contributed by atoms with Crippen LogP contribution in [0.15, 0.2) is 30.5 Å². The van der Waals surface area contributed by atoms with Gasteiger partial charge in [0.1, 0.15) is 11.3 Å². The molecule has 1 saturated carbocycles. The number of pyridine rings is 1. The van der Waals surface area contributed by atoms with Crippen LogP contribution in [0.2, 0.25) is 0 Å². The maximum Gasteiger partial charge on any atom is 0.390 e. The zero-order valence-electron chi connectivity index (χ0n) is 20.1. The Morgan fingerprint density at radius 2 is 1.84 bits per heavy atom. The van der Waals surface area contributed by atoms with Crippen LogP contribution in [-0.4, -0.2) is 47.4 Å². The number of hydrogen-bond donors (Lipinski definition) is 3. The smallest absolute Gasteiger partial charge is 0.351 e. The van der Waals surface area contributed by atoms with E-state index in [-0.39, 0.29) is 12.1 Å². The van der Waals surface area contributed by atoms with Crippen LogP contribution in [-0.2, 0) is 16.4 Å². The fourth-order valence-corrected chi connectivity index (χ4v) is 5.35. The Morgan fingerprint density at radius 1 is 1.11 bits per heavy atom. The number of nitrogens with one attached hydrogen (secondary N) is 2. The zero-order chi connectivity index (χ0) is 26.8. The van der Waals surface area contributed by atoms with E-state index in [1.807, 2.05) is 11.6 Å². The van der Waals surface area contributed by atoms with E-state index in [0.29, 0.717) is 34.7 Å². The van der Waals surface area contributed by atoms with Crippen molar-refractivity contribution in [3.8, 4) is 11.3 Å². The molecular formula is C24H28F4N6O2S. The number of hydrogen-bond acceptors (Lipinski definition) is 7. The minimum Gasteiger partial charge on any atom is -0.351 e. The highest BCUT2D eigenvalue weighted by Gasteiger charge is 2.30. The monoisotopic (exact) mass is 540 g/mol. The van der Waals surface area contributed by atoms with Crippen LogP contribution in [0.25, 0.3) is 22.3 Å². The number of rotatable bonds is 8. The molecule has 0 unspecified atom stereocenters. The molecule has 2 aromatic heterocycles. The molecule has 4 N–H and O–H groups in total. The molecule has 1 aliphatic carbocycles. The number of anilines is 2. The first-order valence-electron chi connectivity index (χ1n) is 12.0. The molecule has 13 heteroatoms. The molecule has 200 valence electrons. The summed E-state index contributed by atoms with van der Waals surface area (Å²) in [4.78, 5) is 13.6. The molecule has 0 aliphatic heterocycles. The van der Waals surface area contributed by atoms with Crippen molar-refractivity contribution in [2.45, 2.75) is 63.7 Å². The molecule has 37 heavy (non-hydrogen) atoms. The summed E-state index contributed by atoms with van der Waals surface area (Å²) in [6, 6.07) is 5.95. The van der Waals surface area contributed by atoms with Gasteiger partial charge in [-0.3, -0.25) is 4.72 Å². The lowest BCUT2D eigenvalue weighted by atomic mass is 9.92. The third kappa shape index (κ3) is 7.04. The Balaban J connectivity index is 1.55. The minimum absolute atomic E-state index is 0.235. The number of fused-ring (bicyclic) bond motifs is 1. The highest BCUT2D eigenvalue weighted by Crippen LogP contribution is 2.29. The largest absolute Gasteiger partial charge is 0.390 e. The van der Waals surface area contributed by atoms with Gasteiger partial charge in [0.25, 0.3) is 0 Å². The molecular weight excluding hydrogens is 512 g/mol. The van der Waals surface area contributed by atoms with Gasteiger partial charge in [0, 0.05) is 17.6 Å². The third-order valence-corrected chi connectivity index (χ3v) is 7.57. The van der Waals surface area contributed by atoms with E-state index in [9.17, 15) is 26.0 Å². The van der Waals surface area contributed by atoms with Crippen LogP contribution in [0.5, 0.6) is 0 Å². The van der Waals surface area contributed by atoms with Crippen molar-refractivity contribution in [2.75, 3.05) is 15.8 Å².